The number of fused-ring (bicyclic) bond motifs is 2. The Hall–Kier alpha value is -3.74. The lowest BCUT2D eigenvalue weighted by molar-refractivity contribution is 0.0998. The Morgan fingerprint density at radius 2 is 1.79 bits per heavy atom. The van der Waals surface area contributed by atoms with Gasteiger partial charge in [-0.15, -0.1) is 0 Å². The van der Waals surface area contributed by atoms with Crippen LogP contribution < -0.4 is 16.8 Å². The molecule has 0 spiro atoms. The Kier molecular flexibility index (Phi) is 4.07. The highest BCUT2D eigenvalue weighted by molar-refractivity contribution is 5.95. The van der Waals surface area contributed by atoms with Crippen LogP contribution in [0.5, 0.6) is 0 Å². The molecule has 0 bridgehead atoms. The first-order valence-corrected chi connectivity index (χ1v) is 8.81. The third-order valence-corrected chi connectivity index (χ3v) is 4.78. The molecule has 0 fully saturated rings. The molecule has 4 rings (SSSR count). The van der Waals surface area contributed by atoms with Crippen molar-refractivity contribution in [1.29, 1.82) is 5.41 Å². The molecule has 7 nitrogen and oxygen atoms in total. The minimum atomic E-state index is -0.752. The minimum absolute atomic E-state index is 0.00823. The van der Waals surface area contributed by atoms with Gasteiger partial charge < -0.3 is 10.3 Å². The predicted molar refractivity (Wildman–Crippen MR) is 106 cm³/mol. The highest BCUT2D eigenvalue weighted by Gasteiger charge is 2.16. The summed E-state index contributed by atoms with van der Waals surface area (Å²) in [5, 5.41) is 8.73. The summed E-state index contributed by atoms with van der Waals surface area (Å²) in [5.41, 5.74) is 8.89. The van der Waals surface area contributed by atoms with Crippen LogP contribution in [0.4, 0.5) is 0 Å². The summed E-state index contributed by atoms with van der Waals surface area (Å²) >= 11 is 0. The van der Waals surface area contributed by atoms with E-state index in [4.69, 9.17) is 11.1 Å². The number of nitrogens with two attached hydrogens (primary N) is 1. The maximum atomic E-state index is 13.1. The van der Waals surface area contributed by atoms with Gasteiger partial charge in [-0.25, -0.2) is 4.98 Å². The number of carbonyl (C=O) groups is 1. The van der Waals surface area contributed by atoms with Crippen LogP contribution in [-0.4, -0.2) is 19.9 Å². The highest BCUT2D eigenvalue weighted by Crippen LogP contribution is 2.13. The first-order valence-electron chi connectivity index (χ1n) is 8.81. The third kappa shape index (κ3) is 2.87. The Morgan fingerprint density at radius 3 is 2.46 bits per heavy atom. The number of benzene rings is 1. The zero-order chi connectivity index (χ0) is 20.0. The van der Waals surface area contributed by atoms with Gasteiger partial charge in [-0.1, -0.05) is 35.9 Å². The lowest BCUT2D eigenvalue weighted by Gasteiger charge is -2.14. The van der Waals surface area contributed by atoms with E-state index in [9.17, 15) is 9.59 Å². The Morgan fingerprint density at radius 1 is 1.11 bits per heavy atom. The minimum Gasteiger partial charge on any atom is -0.365 e. The fraction of sp³-hybridized carbons (Fsp3) is 0.143. The van der Waals surface area contributed by atoms with E-state index in [1.165, 1.54) is 10.5 Å². The average molecular weight is 373 g/mol. The van der Waals surface area contributed by atoms with Gasteiger partial charge in [0.1, 0.15) is 16.8 Å². The lowest BCUT2D eigenvalue weighted by atomic mass is 10.1. The van der Waals surface area contributed by atoms with Crippen molar-refractivity contribution < 1.29 is 4.79 Å². The summed E-state index contributed by atoms with van der Waals surface area (Å²) in [7, 11) is 0. The van der Waals surface area contributed by atoms with E-state index in [0.29, 0.717) is 17.8 Å². The van der Waals surface area contributed by atoms with Crippen LogP contribution >= 0.6 is 0 Å². The second-order valence-corrected chi connectivity index (χ2v) is 6.93. The van der Waals surface area contributed by atoms with Gasteiger partial charge in [-0.05, 0) is 37.1 Å². The zero-order valence-electron chi connectivity index (χ0n) is 15.6. The lowest BCUT2D eigenvalue weighted by Crippen LogP contribution is -2.32. The molecule has 28 heavy (non-hydrogen) atoms. The molecule has 0 aliphatic rings. The molecule has 140 valence electrons. The fourth-order valence-electron chi connectivity index (χ4n) is 3.26. The molecule has 0 atom stereocenters. The first-order chi connectivity index (χ1) is 13.3. The van der Waals surface area contributed by atoms with Crippen LogP contribution in [0.2, 0.25) is 0 Å². The summed E-state index contributed by atoms with van der Waals surface area (Å²) < 4.78 is 3.00. The number of nitrogens with one attached hydrogen (secondary N) is 1. The molecule has 3 N–H and O–H groups in total. The van der Waals surface area contributed by atoms with E-state index < -0.39 is 5.91 Å². The molecule has 0 saturated heterocycles. The molecule has 7 heteroatoms. The summed E-state index contributed by atoms with van der Waals surface area (Å²) in [5.74, 6) is -0.752. The summed E-state index contributed by atoms with van der Waals surface area (Å²) in [6, 6.07) is 12.8. The molecule has 1 amide bonds. The molecular weight excluding hydrogens is 354 g/mol. The second kappa shape index (κ2) is 6.45. The number of aromatic nitrogens is 3. The molecule has 0 saturated carbocycles. The SMILES string of the molecule is Cc1ccc(Cn2c(=N)c(C(N)=O)cc3c(=O)n4cc(C)ccc4nc32)cc1. The van der Waals surface area contributed by atoms with E-state index in [0.717, 1.165) is 16.7 Å². The van der Waals surface area contributed by atoms with Crippen molar-refractivity contribution in [3.8, 4) is 0 Å². The van der Waals surface area contributed by atoms with Crippen molar-refractivity contribution in [1.82, 2.24) is 14.0 Å². The van der Waals surface area contributed by atoms with E-state index in [2.05, 4.69) is 4.98 Å². The van der Waals surface area contributed by atoms with Crippen molar-refractivity contribution in [2.45, 2.75) is 20.4 Å². The number of rotatable bonds is 3. The first kappa shape index (κ1) is 17.7. The van der Waals surface area contributed by atoms with Crippen molar-refractivity contribution in [2.24, 2.45) is 5.73 Å². The van der Waals surface area contributed by atoms with Crippen molar-refractivity contribution in [3.63, 3.8) is 0 Å². The fourth-order valence-corrected chi connectivity index (χ4v) is 3.26. The van der Waals surface area contributed by atoms with E-state index >= 15 is 0 Å². The zero-order valence-corrected chi connectivity index (χ0v) is 15.6. The van der Waals surface area contributed by atoms with Crippen LogP contribution in [0.1, 0.15) is 27.0 Å². The van der Waals surface area contributed by atoms with E-state index in [-0.39, 0.29) is 22.0 Å². The smallest absolute Gasteiger partial charge is 0.267 e. The normalized spacial score (nSPS) is 11.2. The number of pyridine rings is 2. The molecule has 1 aromatic carbocycles. The Balaban J connectivity index is 2.09. The quantitative estimate of drug-likeness (QED) is 0.536. The number of aryl methyl sites for hydroxylation is 2. The molecule has 3 aromatic heterocycles. The van der Waals surface area contributed by atoms with Gasteiger partial charge in [0.15, 0.2) is 0 Å². The molecule has 0 aliphatic heterocycles. The largest absolute Gasteiger partial charge is 0.365 e. The summed E-state index contributed by atoms with van der Waals surface area (Å²) in [6.07, 6.45) is 1.70. The summed E-state index contributed by atoms with van der Waals surface area (Å²) in [6.45, 7) is 4.17. The van der Waals surface area contributed by atoms with Crippen molar-refractivity contribution in [3.05, 3.63) is 86.8 Å². The van der Waals surface area contributed by atoms with Gasteiger partial charge in [0.2, 0.25) is 0 Å². The number of hydrogen-bond acceptors (Lipinski definition) is 4. The van der Waals surface area contributed by atoms with Gasteiger partial charge in [0, 0.05) is 6.20 Å². The van der Waals surface area contributed by atoms with Gasteiger partial charge in [-0.2, -0.15) is 0 Å². The number of primary amides is 1. The van der Waals surface area contributed by atoms with Gasteiger partial charge in [-0.3, -0.25) is 19.4 Å². The van der Waals surface area contributed by atoms with Crippen LogP contribution in [-0.2, 0) is 6.54 Å². The summed E-state index contributed by atoms with van der Waals surface area (Å²) in [4.78, 5) is 29.6. The average Bonchev–Trinajstić information content (AvgIpc) is 2.66. The predicted octanol–water partition coefficient (Wildman–Crippen LogP) is 1.89. The molecule has 0 unspecified atom stereocenters. The number of nitrogens with zero attached hydrogens (tertiary/aromatic N) is 3. The maximum absolute atomic E-state index is 13.1. The second-order valence-electron chi connectivity index (χ2n) is 6.93. The van der Waals surface area contributed by atoms with Crippen LogP contribution in [0, 0.1) is 19.3 Å². The highest BCUT2D eigenvalue weighted by atomic mass is 16.1. The van der Waals surface area contributed by atoms with Crippen molar-refractivity contribution in [2.75, 3.05) is 0 Å². The number of amides is 1. The monoisotopic (exact) mass is 373 g/mol. The Bertz CT molecular complexity index is 1360. The van der Waals surface area contributed by atoms with E-state index in [1.54, 1.807) is 16.8 Å². The molecular formula is C21H19N5O2. The van der Waals surface area contributed by atoms with Gasteiger partial charge in [0.05, 0.1) is 17.5 Å². The maximum Gasteiger partial charge on any atom is 0.267 e. The topological polar surface area (TPSA) is 106 Å². The van der Waals surface area contributed by atoms with Crippen LogP contribution in [0.3, 0.4) is 0 Å². The van der Waals surface area contributed by atoms with Gasteiger partial charge in [0.25, 0.3) is 11.5 Å². The Labute approximate surface area is 160 Å². The van der Waals surface area contributed by atoms with E-state index in [1.807, 2.05) is 44.2 Å². The van der Waals surface area contributed by atoms with Crippen molar-refractivity contribution >= 4 is 22.6 Å². The molecule has 0 aliphatic carbocycles. The van der Waals surface area contributed by atoms with Gasteiger partial charge >= 0.3 is 0 Å². The number of hydrogen-bond donors (Lipinski definition) is 2. The third-order valence-electron chi connectivity index (χ3n) is 4.78. The number of carbonyl (C=O) groups excluding carboxylic acids is 1. The standard InChI is InChI=1S/C21H19N5O2/c1-12-3-6-14(7-4-12)11-26-18(22)15(19(23)27)9-16-20(26)24-17-8-5-13(2)10-25(17)21(16)28/h3-10,22H,11H2,1-2H3,(H2,23,27). The van der Waals surface area contributed by atoms with Crippen LogP contribution in [0.15, 0.2) is 53.5 Å². The molecule has 0 radical (unpaired) electrons. The van der Waals surface area contributed by atoms with Crippen LogP contribution in [0.25, 0.3) is 16.7 Å². The molecule has 3 heterocycles. The molecule has 4 aromatic rings.